The molecule has 0 heterocycles. The molecule has 5 nitrogen and oxygen atoms in total. The Kier molecular flexibility index (Phi) is 7.59. The van der Waals surface area contributed by atoms with Crippen molar-refractivity contribution in [1.29, 1.82) is 0 Å². The van der Waals surface area contributed by atoms with Gasteiger partial charge in [0.15, 0.2) is 0 Å². The zero-order valence-corrected chi connectivity index (χ0v) is 12.0. The number of carboxylic acids is 1. The van der Waals surface area contributed by atoms with Crippen molar-refractivity contribution in [1.82, 2.24) is 10.2 Å². The number of hydrogen-bond acceptors (Lipinski definition) is 3. The quantitative estimate of drug-likeness (QED) is 0.689. The number of aliphatic carboxylic acids is 1. The molecule has 1 amide bonds. The third-order valence-corrected chi connectivity index (χ3v) is 2.46. The molecule has 0 aliphatic carbocycles. The van der Waals surface area contributed by atoms with Gasteiger partial charge >= 0.3 is 5.97 Å². The number of carbonyl (C=O) groups is 2. The summed E-state index contributed by atoms with van der Waals surface area (Å²) >= 11 is 0. The molecule has 0 atom stereocenters. The van der Waals surface area contributed by atoms with Gasteiger partial charge in [0.25, 0.3) is 0 Å². The van der Waals surface area contributed by atoms with Crippen LogP contribution in [0.25, 0.3) is 0 Å². The number of carbonyl (C=O) groups excluding carboxylic acids is 1. The summed E-state index contributed by atoms with van der Waals surface area (Å²) in [4.78, 5) is 23.9. The van der Waals surface area contributed by atoms with Gasteiger partial charge < -0.3 is 10.4 Å². The van der Waals surface area contributed by atoms with Gasteiger partial charge in [0, 0.05) is 6.54 Å². The molecule has 0 bridgehead atoms. The highest BCUT2D eigenvalue weighted by Gasteiger charge is 2.14. The minimum Gasteiger partial charge on any atom is -0.480 e. The van der Waals surface area contributed by atoms with Crippen LogP contribution < -0.4 is 5.32 Å². The number of nitrogens with zero attached hydrogens (tertiary/aromatic N) is 1. The highest BCUT2D eigenvalue weighted by Crippen LogP contribution is 2.16. The van der Waals surface area contributed by atoms with Crippen molar-refractivity contribution in [3.63, 3.8) is 0 Å². The van der Waals surface area contributed by atoms with Gasteiger partial charge in [-0.2, -0.15) is 0 Å². The van der Waals surface area contributed by atoms with Crippen LogP contribution in [0.1, 0.15) is 40.5 Å². The Morgan fingerprint density at radius 1 is 1.22 bits per heavy atom. The van der Waals surface area contributed by atoms with E-state index in [1.54, 1.807) is 4.90 Å². The standard InChI is InChI=1S/C13H26N2O3/c1-5-8-15(10-12(17)18)9-11(16)14-7-6-13(2,3)4/h5-10H2,1-4H3,(H,14,16)(H,17,18). The number of amides is 1. The van der Waals surface area contributed by atoms with E-state index in [4.69, 9.17) is 5.11 Å². The molecule has 0 aromatic rings. The second-order valence-corrected chi connectivity index (χ2v) is 5.77. The van der Waals surface area contributed by atoms with Crippen LogP contribution in [0, 0.1) is 5.41 Å². The van der Waals surface area contributed by atoms with E-state index >= 15 is 0 Å². The minimum atomic E-state index is -0.897. The molecule has 0 radical (unpaired) electrons. The van der Waals surface area contributed by atoms with E-state index in [1.165, 1.54) is 0 Å². The lowest BCUT2D eigenvalue weighted by Crippen LogP contribution is -2.40. The van der Waals surface area contributed by atoms with E-state index < -0.39 is 5.97 Å². The molecule has 18 heavy (non-hydrogen) atoms. The normalized spacial score (nSPS) is 11.6. The fraction of sp³-hybridized carbons (Fsp3) is 0.846. The van der Waals surface area contributed by atoms with Crippen molar-refractivity contribution in [3.05, 3.63) is 0 Å². The predicted molar refractivity (Wildman–Crippen MR) is 71.4 cm³/mol. The molecule has 0 rings (SSSR count). The minimum absolute atomic E-state index is 0.0828. The van der Waals surface area contributed by atoms with E-state index in [2.05, 4.69) is 26.1 Å². The van der Waals surface area contributed by atoms with Crippen LogP contribution in [-0.4, -0.2) is 48.1 Å². The fourth-order valence-corrected chi connectivity index (χ4v) is 1.56. The Balaban J connectivity index is 3.98. The van der Waals surface area contributed by atoms with Gasteiger partial charge in [-0.15, -0.1) is 0 Å². The van der Waals surface area contributed by atoms with Gasteiger partial charge in [-0.05, 0) is 24.8 Å². The van der Waals surface area contributed by atoms with Crippen molar-refractivity contribution in [2.75, 3.05) is 26.2 Å². The van der Waals surface area contributed by atoms with Gasteiger partial charge in [-0.25, -0.2) is 0 Å². The largest absolute Gasteiger partial charge is 0.480 e. The maximum absolute atomic E-state index is 11.6. The first kappa shape index (κ1) is 16.9. The van der Waals surface area contributed by atoms with Gasteiger partial charge in [-0.3, -0.25) is 14.5 Å². The molecule has 106 valence electrons. The molecule has 0 fully saturated rings. The van der Waals surface area contributed by atoms with E-state index in [9.17, 15) is 9.59 Å². The van der Waals surface area contributed by atoms with Crippen molar-refractivity contribution in [2.45, 2.75) is 40.5 Å². The Bertz CT molecular complexity index is 272. The molecule has 0 aromatic heterocycles. The van der Waals surface area contributed by atoms with Gasteiger partial charge in [0.05, 0.1) is 13.1 Å². The third-order valence-electron chi connectivity index (χ3n) is 2.46. The summed E-state index contributed by atoms with van der Waals surface area (Å²) < 4.78 is 0. The number of rotatable bonds is 8. The lowest BCUT2D eigenvalue weighted by Gasteiger charge is -2.21. The fourth-order valence-electron chi connectivity index (χ4n) is 1.56. The van der Waals surface area contributed by atoms with E-state index in [0.29, 0.717) is 13.1 Å². The monoisotopic (exact) mass is 258 g/mol. The summed E-state index contributed by atoms with van der Waals surface area (Å²) in [6.07, 6.45) is 1.74. The topological polar surface area (TPSA) is 69.6 Å². The Hall–Kier alpha value is -1.10. The number of hydrogen-bond donors (Lipinski definition) is 2. The van der Waals surface area contributed by atoms with Crippen LogP contribution >= 0.6 is 0 Å². The lowest BCUT2D eigenvalue weighted by molar-refractivity contribution is -0.138. The molecular formula is C13H26N2O3. The molecule has 0 aliphatic heterocycles. The van der Waals surface area contributed by atoms with Crippen LogP contribution in [0.15, 0.2) is 0 Å². The van der Waals surface area contributed by atoms with E-state index in [-0.39, 0.29) is 24.4 Å². The molecule has 2 N–H and O–H groups in total. The second kappa shape index (κ2) is 8.08. The summed E-state index contributed by atoms with van der Waals surface area (Å²) in [6.45, 7) is 9.65. The van der Waals surface area contributed by atoms with Crippen molar-refractivity contribution < 1.29 is 14.7 Å². The number of carboxylic acid groups (broad SMARTS) is 1. The molecule has 0 saturated carbocycles. The first-order chi connectivity index (χ1) is 8.24. The molecular weight excluding hydrogens is 232 g/mol. The van der Waals surface area contributed by atoms with E-state index in [0.717, 1.165) is 12.8 Å². The molecule has 0 aliphatic rings. The van der Waals surface area contributed by atoms with E-state index in [1.807, 2.05) is 6.92 Å². The molecule has 0 aromatic carbocycles. The average Bonchev–Trinajstić information content (AvgIpc) is 2.14. The first-order valence-electron chi connectivity index (χ1n) is 6.45. The SMILES string of the molecule is CCCN(CC(=O)O)CC(=O)NCCC(C)(C)C. The highest BCUT2D eigenvalue weighted by molar-refractivity contribution is 5.79. The molecule has 5 heteroatoms. The molecule has 0 saturated heterocycles. The second-order valence-electron chi connectivity index (χ2n) is 5.77. The Morgan fingerprint density at radius 3 is 2.28 bits per heavy atom. The summed E-state index contributed by atoms with van der Waals surface area (Å²) in [7, 11) is 0. The van der Waals surface area contributed by atoms with Gasteiger partial charge in [0.2, 0.25) is 5.91 Å². The average molecular weight is 258 g/mol. The van der Waals surface area contributed by atoms with Crippen molar-refractivity contribution >= 4 is 11.9 Å². The maximum atomic E-state index is 11.6. The lowest BCUT2D eigenvalue weighted by atomic mass is 9.92. The zero-order valence-electron chi connectivity index (χ0n) is 12.0. The maximum Gasteiger partial charge on any atom is 0.317 e. The van der Waals surface area contributed by atoms with Crippen molar-refractivity contribution in [3.8, 4) is 0 Å². The smallest absolute Gasteiger partial charge is 0.317 e. The summed E-state index contributed by atoms with van der Waals surface area (Å²) in [5.74, 6) is -1.00. The van der Waals surface area contributed by atoms with Crippen LogP contribution in [0.2, 0.25) is 0 Å². The van der Waals surface area contributed by atoms with Crippen molar-refractivity contribution in [2.24, 2.45) is 5.41 Å². The highest BCUT2D eigenvalue weighted by atomic mass is 16.4. The summed E-state index contributed by atoms with van der Waals surface area (Å²) in [6, 6.07) is 0. The molecule has 0 unspecified atom stereocenters. The third kappa shape index (κ3) is 10.1. The van der Waals surface area contributed by atoms with Gasteiger partial charge in [-0.1, -0.05) is 27.7 Å². The first-order valence-corrected chi connectivity index (χ1v) is 6.45. The van der Waals surface area contributed by atoms with Crippen LogP contribution in [-0.2, 0) is 9.59 Å². The summed E-state index contributed by atoms with van der Waals surface area (Å²) in [5.41, 5.74) is 0.192. The Morgan fingerprint density at radius 2 is 1.83 bits per heavy atom. The van der Waals surface area contributed by atoms with Crippen LogP contribution in [0.3, 0.4) is 0 Å². The zero-order chi connectivity index (χ0) is 14.2. The van der Waals surface area contributed by atoms with Crippen LogP contribution in [0.4, 0.5) is 0 Å². The number of nitrogens with one attached hydrogen (secondary N) is 1. The van der Waals surface area contributed by atoms with Gasteiger partial charge in [0.1, 0.15) is 0 Å². The Labute approximate surface area is 110 Å². The molecule has 0 spiro atoms. The predicted octanol–water partition coefficient (Wildman–Crippen LogP) is 1.34. The van der Waals surface area contributed by atoms with Crippen LogP contribution in [0.5, 0.6) is 0 Å². The summed E-state index contributed by atoms with van der Waals surface area (Å²) in [5, 5.41) is 11.6.